The number of para-hydroxylation sites is 2. The van der Waals surface area contributed by atoms with E-state index in [-0.39, 0.29) is 36.1 Å². The van der Waals surface area contributed by atoms with Crippen LogP contribution in [0.3, 0.4) is 0 Å². The Hall–Kier alpha value is -3.10. The van der Waals surface area contributed by atoms with Crippen molar-refractivity contribution in [3.8, 4) is 11.3 Å². The van der Waals surface area contributed by atoms with Crippen LogP contribution in [-0.2, 0) is 6.54 Å². The number of nitrogens with zero attached hydrogens (tertiary/aromatic N) is 4. The zero-order valence-electron chi connectivity index (χ0n) is 19.7. The molecule has 0 saturated heterocycles. The van der Waals surface area contributed by atoms with Crippen LogP contribution in [-0.4, -0.2) is 49.7 Å². The van der Waals surface area contributed by atoms with Crippen LogP contribution >= 0.6 is 24.8 Å². The summed E-state index contributed by atoms with van der Waals surface area (Å²) in [5, 5.41) is 0. The Morgan fingerprint density at radius 1 is 0.914 bits per heavy atom. The number of halogens is 2. The highest BCUT2D eigenvalue weighted by molar-refractivity contribution is 6.11. The summed E-state index contributed by atoms with van der Waals surface area (Å²) in [6.07, 6.45) is 1.53. The summed E-state index contributed by atoms with van der Waals surface area (Å²) in [4.78, 5) is 21.0. The van der Waals surface area contributed by atoms with E-state index in [0.29, 0.717) is 17.1 Å². The summed E-state index contributed by atoms with van der Waals surface area (Å²) in [6, 6.07) is 21.5. The lowest BCUT2D eigenvalue weighted by Gasteiger charge is -2.18. The van der Waals surface area contributed by atoms with Crippen molar-refractivity contribution in [1.29, 1.82) is 0 Å². The highest BCUT2D eigenvalue weighted by Crippen LogP contribution is 2.31. The Morgan fingerprint density at radius 3 is 2.20 bits per heavy atom. The Bertz CT molecular complexity index is 1370. The molecule has 0 aliphatic rings. The SMILES string of the molecule is CCN(CC)CCn1c2ccccc2n2c(C(=O)c3ccco3)c(-c3ccccc3)nc12.Cl.Cl.O. The lowest BCUT2D eigenvalue weighted by molar-refractivity contribution is 0.100. The molecule has 5 aromatic rings. The highest BCUT2D eigenvalue weighted by atomic mass is 35.5. The van der Waals surface area contributed by atoms with Crippen LogP contribution in [0.15, 0.2) is 77.4 Å². The number of carbonyl (C=O) groups is 1. The summed E-state index contributed by atoms with van der Waals surface area (Å²) < 4.78 is 9.69. The average Bonchev–Trinajstić information content (AvgIpc) is 3.56. The standard InChI is InChI=1S/C26H26N4O2.2ClH.H2O/c1-3-28(4-2)16-17-29-20-13-8-9-14-21(20)30-24(25(31)22-15-10-18-32-22)23(27-26(29)30)19-11-6-5-7-12-19;;;/h5-15,18H,3-4,16-17H2,1-2H3;2*1H;1H2. The fourth-order valence-electron chi connectivity index (χ4n) is 4.34. The molecule has 3 aromatic heterocycles. The van der Waals surface area contributed by atoms with E-state index >= 15 is 0 Å². The van der Waals surface area contributed by atoms with Gasteiger partial charge in [-0.3, -0.25) is 9.20 Å². The number of benzene rings is 2. The zero-order chi connectivity index (χ0) is 22.1. The van der Waals surface area contributed by atoms with Crippen LogP contribution in [0.2, 0.25) is 0 Å². The van der Waals surface area contributed by atoms with Crippen LogP contribution in [0.5, 0.6) is 0 Å². The second kappa shape index (κ2) is 12.0. The number of imidazole rings is 2. The molecule has 186 valence electrons. The van der Waals surface area contributed by atoms with E-state index in [9.17, 15) is 4.79 Å². The lowest BCUT2D eigenvalue weighted by Crippen LogP contribution is -2.27. The third-order valence-corrected chi connectivity index (χ3v) is 6.06. The molecule has 0 bridgehead atoms. The van der Waals surface area contributed by atoms with Gasteiger partial charge in [0.1, 0.15) is 11.4 Å². The molecule has 0 spiro atoms. The molecule has 0 fully saturated rings. The molecule has 0 radical (unpaired) electrons. The van der Waals surface area contributed by atoms with E-state index in [4.69, 9.17) is 9.40 Å². The van der Waals surface area contributed by atoms with Crippen LogP contribution < -0.4 is 0 Å². The molecular weight excluding hydrogens is 487 g/mol. The number of ketones is 1. The van der Waals surface area contributed by atoms with Gasteiger partial charge >= 0.3 is 0 Å². The van der Waals surface area contributed by atoms with Crippen LogP contribution in [0.1, 0.15) is 30.1 Å². The van der Waals surface area contributed by atoms with Gasteiger partial charge in [-0.15, -0.1) is 24.8 Å². The van der Waals surface area contributed by atoms with Gasteiger partial charge in [0.05, 0.1) is 17.3 Å². The number of rotatable bonds is 8. The Balaban J connectivity index is 0.00000144. The molecule has 0 atom stereocenters. The minimum absolute atomic E-state index is 0. The average molecular weight is 517 g/mol. The summed E-state index contributed by atoms with van der Waals surface area (Å²) in [5.74, 6) is 0.907. The number of hydrogen-bond acceptors (Lipinski definition) is 4. The predicted octanol–water partition coefficient (Wildman–Crippen LogP) is 5.14. The fourth-order valence-corrected chi connectivity index (χ4v) is 4.34. The molecule has 0 aliphatic heterocycles. The van der Waals surface area contributed by atoms with Gasteiger partial charge in [0.15, 0.2) is 5.76 Å². The third kappa shape index (κ3) is 4.99. The van der Waals surface area contributed by atoms with Gasteiger partial charge in [-0.25, -0.2) is 4.98 Å². The van der Waals surface area contributed by atoms with Gasteiger partial charge < -0.3 is 19.4 Å². The molecule has 2 aromatic carbocycles. The first-order chi connectivity index (χ1) is 15.7. The normalized spacial score (nSPS) is 10.7. The van der Waals surface area contributed by atoms with Crippen molar-refractivity contribution in [3.05, 3.63) is 84.4 Å². The van der Waals surface area contributed by atoms with Crippen molar-refractivity contribution in [2.75, 3.05) is 19.6 Å². The van der Waals surface area contributed by atoms with Crippen molar-refractivity contribution in [3.63, 3.8) is 0 Å². The smallest absolute Gasteiger partial charge is 0.247 e. The maximum absolute atomic E-state index is 13.6. The fraction of sp³-hybridized carbons (Fsp3) is 0.231. The largest absolute Gasteiger partial charge is 0.461 e. The molecule has 0 saturated carbocycles. The molecule has 35 heavy (non-hydrogen) atoms. The first kappa shape index (κ1) is 28.1. The Labute approximate surface area is 216 Å². The number of furan rings is 1. The monoisotopic (exact) mass is 516 g/mol. The molecule has 7 nitrogen and oxygen atoms in total. The van der Waals surface area contributed by atoms with Gasteiger partial charge in [0, 0.05) is 18.7 Å². The van der Waals surface area contributed by atoms with Crippen LogP contribution in [0.25, 0.3) is 28.1 Å². The van der Waals surface area contributed by atoms with Crippen molar-refractivity contribution in [2.45, 2.75) is 20.4 Å². The molecule has 0 aliphatic carbocycles. The molecule has 2 N–H and O–H groups in total. The molecule has 0 amide bonds. The Kier molecular flexibility index (Phi) is 9.68. The van der Waals surface area contributed by atoms with Crippen molar-refractivity contribution in [2.24, 2.45) is 0 Å². The van der Waals surface area contributed by atoms with Gasteiger partial charge in [-0.1, -0.05) is 56.3 Å². The van der Waals surface area contributed by atoms with Gasteiger partial charge in [-0.05, 0) is 37.4 Å². The predicted molar refractivity (Wildman–Crippen MR) is 144 cm³/mol. The van der Waals surface area contributed by atoms with Gasteiger partial charge in [0.2, 0.25) is 11.6 Å². The van der Waals surface area contributed by atoms with E-state index in [0.717, 1.165) is 48.6 Å². The number of carbonyl (C=O) groups excluding carboxylic acids is 1. The number of likely N-dealkylation sites (N-methyl/N-ethyl adjacent to an activating group) is 1. The summed E-state index contributed by atoms with van der Waals surface area (Å²) in [7, 11) is 0. The quantitative estimate of drug-likeness (QED) is 0.267. The van der Waals surface area contributed by atoms with E-state index in [1.165, 1.54) is 6.26 Å². The topological polar surface area (TPSA) is 87.2 Å². The first-order valence-corrected chi connectivity index (χ1v) is 11.1. The van der Waals surface area contributed by atoms with Crippen LogP contribution in [0.4, 0.5) is 0 Å². The Morgan fingerprint density at radius 2 is 1.57 bits per heavy atom. The molecule has 5 rings (SSSR count). The summed E-state index contributed by atoms with van der Waals surface area (Å²) in [5.41, 5.74) is 4.13. The van der Waals surface area contributed by atoms with E-state index in [1.807, 2.05) is 52.9 Å². The lowest BCUT2D eigenvalue weighted by atomic mass is 10.1. The second-order valence-corrected chi connectivity index (χ2v) is 7.78. The molecule has 0 unspecified atom stereocenters. The molecular formula is C26H30Cl2N4O3. The van der Waals surface area contributed by atoms with Crippen molar-refractivity contribution in [1.82, 2.24) is 18.9 Å². The van der Waals surface area contributed by atoms with E-state index in [1.54, 1.807) is 12.1 Å². The van der Waals surface area contributed by atoms with Gasteiger partial charge in [0.25, 0.3) is 0 Å². The summed E-state index contributed by atoms with van der Waals surface area (Å²) >= 11 is 0. The van der Waals surface area contributed by atoms with Crippen molar-refractivity contribution < 1.29 is 14.7 Å². The molecule has 9 heteroatoms. The van der Waals surface area contributed by atoms with E-state index < -0.39 is 0 Å². The van der Waals surface area contributed by atoms with Gasteiger partial charge in [-0.2, -0.15) is 0 Å². The minimum atomic E-state index is -0.173. The molecule has 3 heterocycles. The summed E-state index contributed by atoms with van der Waals surface area (Å²) in [6.45, 7) is 8.05. The zero-order valence-corrected chi connectivity index (χ0v) is 21.3. The maximum atomic E-state index is 13.6. The maximum Gasteiger partial charge on any atom is 0.247 e. The highest BCUT2D eigenvalue weighted by Gasteiger charge is 2.27. The van der Waals surface area contributed by atoms with Crippen LogP contribution in [0, 0.1) is 0 Å². The number of hydrogen-bond donors (Lipinski definition) is 0. The number of fused-ring (bicyclic) bond motifs is 3. The third-order valence-electron chi connectivity index (χ3n) is 6.06. The second-order valence-electron chi connectivity index (χ2n) is 7.78. The first-order valence-electron chi connectivity index (χ1n) is 11.1. The van der Waals surface area contributed by atoms with E-state index in [2.05, 4.69) is 29.4 Å². The number of aromatic nitrogens is 3. The minimum Gasteiger partial charge on any atom is -0.461 e. The van der Waals surface area contributed by atoms with Crippen molar-refractivity contribution >= 4 is 47.4 Å².